The van der Waals surface area contributed by atoms with Gasteiger partial charge in [0.15, 0.2) is 0 Å². The van der Waals surface area contributed by atoms with Crippen molar-refractivity contribution in [1.29, 1.82) is 0 Å². The highest BCUT2D eigenvalue weighted by Gasteiger charge is 2.45. The average molecular weight is 409 g/mol. The van der Waals surface area contributed by atoms with E-state index < -0.39 is 0 Å². The third-order valence-electron chi connectivity index (χ3n) is 5.91. The summed E-state index contributed by atoms with van der Waals surface area (Å²) in [6, 6.07) is 17.7. The van der Waals surface area contributed by atoms with E-state index in [1.807, 2.05) is 30.3 Å². The first-order chi connectivity index (χ1) is 14.2. The first-order valence-corrected chi connectivity index (χ1v) is 10.9. The number of nitrogens with zero attached hydrogens (tertiary/aromatic N) is 2. The minimum atomic E-state index is -0.0495. The van der Waals surface area contributed by atoms with E-state index in [1.54, 1.807) is 11.3 Å². The van der Waals surface area contributed by atoms with Crippen LogP contribution in [0.1, 0.15) is 24.8 Å². The minimum absolute atomic E-state index is 0.0495. The third kappa shape index (κ3) is 3.85. The van der Waals surface area contributed by atoms with E-state index >= 15 is 0 Å². The monoisotopic (exact) mass is 408 g/mol. The smallest absolute Gasteiger partial charge is 0.279 e. The summed E-state index contributed by atoms with van der Waals surface area (Å²) in [6.45, 7) is 1.01. The molecule has 0 spiro atoms. The van der Waals surface area contributed by atoms with Crippen LogP contribution in [0.4, 0.5) is 0 Å². The number of piperidine rings is 1. The number of para-hydroxylation sites is 1. The zero-order valence-electron chi connectivity index (χ0n) is 16.1. The Hall–Kier alpha value is -2.48. The number of nitrogens with one attached hydrogen (secondary N) is 1. The molecule has 2 aliphatic heterocycles. The van der Waals surface area contributed by atoms with Gasteiger partial charge in [0.1, 0.15) is 5.75 Å². The number of thiazole rings is 1. The van der Waals surface area contributed by atoms with Gasteiger partial charge in [-0.05, 0) is 49.1 Å². The van der Waals surface area contributed by atoms with Crippen LogP contribution in [0.3, 0.4) is 0 Å². The van der Waals surface area contributed by atoms with Crippen molar-refractivity contribution in [2.75, 3.05) is 6.54 Å². The lowest BCUT2D eigenvalue weighted by molar-refractivity contribution is -0.122. The highest BCUT2D eigenvalue weighted by molar-refractivity contribution is 7.20. The van der Waals surface area contributed by atoms with E-state index in [0.717, 1.165) is 35.4 Å². The van der Waals surface area contributed by atoms with Crippen LogP contribution in [-0.2, 0) is 11.3 Å². The predicted octanol–water partition coefficient (Wildman–Crippen LogP) is 3.27. The average Bonchev–Trinajstić information content (AvgIpc) is 3.15. The van der Waals surface area contributed by atoms with Crippen LogP contribution in [0, 0.1) is 0 Å². The molecule has 1 saturated carbocycles. The number of rotatable bonds is 6. The van der Waals surface area contributed by atoms with Crippen molar-refractivity contribution in [2.24, 2.45) is 5.73 Å². The summed E-state index contributed by atoms with van der Waals surface area (Å²) in [6.07, 6.45) is 3.26. The lowest BCUT2D eigenvalue weighted by Crippen LogP contribution is -2.64. The van der Waals surface area contributed by atoms with Crippen molar-refractivity contribution >= 4 is 27.5 Å². The zero-order valence-corrected chi connectivity index (χ0v) is 16.9. The van der Waals surface area contributed by atoms with E-state index in [0.29, 0.717) is 17.3 Å². The summed E-state index contributed by atoms with van der Waals surface area (Å²) in [5.74, 6) is 0.757. The van der Waals surface area contributed by atoms with Crippen LogP contribution in [-0.4, -0.2) is 40.5 Å². The van der Waals surface area contributed by atoms with Crippen LogP contribution in [0.5, 0.6) is 10.9 Å². The number of aromatic nitrogens is 1. The van der Waals surface area contributed by atoms with Crippen LogP contribution in [0.15, 0.2) is 48.5 Å². The molecule has 1 amide bonds. The molecule has 0 radical (unpaired) electrons. The fourth-order valence-electron chi connectivity index (χ4n) is 4.49. The number of ether oxygens (including phenoxy) is 1. The van der Waals surface area contributed by atoms with Gasteiger partial charge in [-0.1, -0.05) is 35.6 Å². The van der Waals surface area contributed by atoms with E-state index in [2.05, 4.69) is 33.4 Å². The molecule has 6 rings (SSSR count). The molecule has 3 aromatic rings. The molecule has 1 aliphatic carbocycles. The maximum absolute atomic E-state index is 11.5. The number of carbonyl (C=O) groups excluding carboxylic acids is 1. The Kier molecular flexibility index (Phi) is 4.95. The topological polar surface area (TPSA) is 80.5 Å². The van der Waals surface area contributed by atoms with Gasteiger partial charge in [-0.3, -0.25) is 9.69 Å². The molecule has 6 nitrogen and oxygen atoms in total. The number of amides is 1. The Labute approximate surface area is 173 Å². The molecule has 3 N–H and O–H groups in total. The molecular weight excluding hydrogens is 384 g/mol. The third-order valence-corrected chi connectivity index (χ3v) is 6.83. The number of fused-ring (bicyclic) bond motifs is 3. The number of benzene rings is 2. The molecule has 29 heavy (non-hydrogen) atoms. The summed E-state index contributed by atoms with van der Waals surface area (Å²) < 4.78 is 7.07. The fourth-order valence-corrected chi connectivity index (χ4v) is 5.33. The number of nitrogens with two attached hydrogens (primary N) is 1. The lowest BCUT2D eigenvalue weighted by atomic mass is 9.76. The van der Waals surface area contributed by atoms with Gasteiger partial charge >= 0.3 is 0 Å². The Morgan fingerprint density at radius 2 is 1.90 bits per heavy atom. The van der Waals surface area contributed by atoms with E-state index in [4.69, 9.17) is 10.5 Å². The normalized spacial score (nSPS) is 23.6. The summed E-state index contributed by atoms with van der Waals surface area (Å²) in [5.41, 5.74) is 7.65. The lowest BCUT2D eigenvalue weighted by Gasteiger charge is -2.55. The molecule has 2 saturated heterocycles. The number of hydrogen-bond acceptors (Lipinski definition) is 6. The van der Waals surface area contributed by atoms with Crippen molar-refractivity contribution in [2.45, 2.75) is 43.9 Å². The minimum Gasteiger partial charge on any atom is -0.431 e. The molecule has 150 valence electrons. The predicted molar refractivity (Wildman–Crippen MR) is 114 cm³/mol. The van der Waals surface area contributed by atoms with Gasteiger partial charge in [0.05, 0.1) is 16.8 Å². The van der Waals surface area contributed by atoms with Crippen molar-refractivity contribution in [3.63, 3.8) is 0 Å². The maximum Gasteiger partial charge on any atom is 0.279 e. The summed E-state index contributed by atoms with van der Waals surface area (Å²) >= 11 is 1.56. The Bertz CT molecular complexity index is 974. The van der Waals surface area contributed by atoms with Crippen molar-refractivity contribution in [1.82, 2.24) is 15.2 Å². The quantitative estimate of drug-likeness (QED) is 0.654. The van der Waals surface area contributed by atoms with Crippen molar-refractivity contribution in [3.8, 4) is 10.9 Å². The largest absolute Gasteiger partial charge is 0.431 e. The van der Waals surface area contributed by atoms with Gasteiger partial charge in [-0.15, -0.1) is 0 Å². The number of hydrogen-bond donors (Lipinski definition) is 2. The molecule has 2 aromatic carbocycles. The first-order valence-electron chi connectivity index (χ1n) is 10.1. The maximum atomic E-state index is 11.5. The van der Waals surface area contributed by atoms with Gasteiger partial charge in [0.2, 0.25) is 5.91 Å². The van der Waals surface area contributed by atoms with Crippen molar-refractivity contribution < 1.29 is 9.53 Å². The van der Waals surface area contributed by atoms with E-state index in [9.17, 15) is 4.79 Å². The van der Waals surface area contributed by atoms with Gasteiger partial charge in [-0.2, -0.15) is 0 Å². The molecule has 1 aromatic heterocycles. The van der Waals surface area contributed by atoms with Crippen LogP contribution in [0.2, 0.25) is 0 Å². The second-order valence-electron chi connectivity index (χ2n) is 7.85. The Morgan fingerprint density at radius 1 is 1.14 bits per heavy atom. The highest BCUT2D eigenvalue weighted by Crippen LogP contribution is 2.39. The van der Waals surface area contributed by atoms with Gasteiger partial charge in [0.25, 0.3) is 5.19 Å². The Balaban J connectivity index is 1.18. The second-order valence-corrected chi connectivity index (χ2v) is 8.84. The molecule has 3 heterocycles. The van der Waals surface area contributed by atoms with Gasteiger partial charge in [0, 0.05) is 24.7 Å². The molecular formula is C22H24N4O2S. The highest BCUT2D eigenvalue weighted by atomic mass is 32.1. The molecule has 3 atom stereocenters. The SMILES string of the molecule is NCC(=O)NC1CC2C[C@H](C1)N2Cc1ccc(Oc2nc3ccccc3s2)cc1. The van der Waals surface area contributed by atoms with E-state index in [1.165, 1.54) is 12.0 Å². The van der Waals surface area contributed by atoms with Crippen LogP contribution in [0.25, 0.3) is 10.2 Å². The van der Waals surface area contributed by atoms with Gasteiger partial charge in [-0.25, -0.2) is 4.98 Å². The van der Waals surface area contributed by atoms with Crippen LogP contribution >= 0.6 is 11.3 Å². The molecule has 3 aliphatic rings. The second kappa shape index (κ2) is 7.74. The number of carbonyl (C=O) groups is 1. The Morgan fingerprint density at radius 3 is 2.62 bits per heavy atom. The molecule has 3 fully saturated rings. The molecule has 2 bridgehead atoms. The van der Waals surface area contributed by atoms with Crippen LogP contribution < -0.4 is 15.8 Å². The summed E-state index contributed by atoms with van der Waals surface area (Å²) in [5, 5.41) is 3.71. The zero-order chi connectivity index (χ0) is 19.8. The fraction of sp³-hybridized carbons (Fsp3) is 0.364. The molecule has 7 heteroatoms. The van der Waals surface area contributed by atoms with E-state index in [-0.39, 0.29) is 18.5 Å². The summed E-state index contributed by atoms with van der Waals surface area (Å²) in [7, 11) is 0. The summed E-state index contributed by atoms with van der Waals surface area (Å²) in [4.78, 5) is 18.6. The van der Waals surface area contributed by atoms with Gasteiger partial charge < -0.3 is 15.8 Å². The first kappa shape index (κ1) is 18.5. The standard InChI is InChI=1S/C22H24N4O2S/c23-12-21(27)24-15-9-16-11-17(10-15)26(16)13-14-5-7-18(8-6-14)28-22-25-19-3-1-2-4-20(19)29-22/h1-8,15-17H,9-13,23H2,(H,24,27)/t15?,16-,17?/m0/s1. The van der Waals surface area contributed by atoms with Crippen molar-refractivity contribution in [3.05, 3.63) is 54.1 Å². The molecule has 2 unspecified atom stereocenters.